The maximum Gasteiger partial charge on any atom is 0.137 e. The van der Waals surface area contributed by atoms with Gasteiger partial charge in [0.05, 0.1) is 33.2 Å². The number of nitrogens with one attached hydrogen (secondary N) is 3. The molecule has 0 saturated heterocycles. The van der Waals surface area contributed by atoms with Gasteiger partial charge in [-0.25, -0.2) is 0 Å². The largest absolute Gasteiger partial charge is 0.456 e. The van der Waals surface area contributed by atoms with Crippen LogP contribution in [-0.4, -0.2) is 0 Å². The second-order valence-corrected chi connectivity index (χ2v) is 29.7. The Morgan fingerprint density at radius 3 is 1.03 bits per heavy atom. The van der Waals surface area contributed by atoms with E-state index in [1.807, 2.05) is 72.8 Å². The fourth-order valence-electron chi connectivity index (χ4n) is 17.1. The van der Waals surface area contributed by atoms with Gasteiger partial charge in [0.1, 0.15) is 33.5 Å². The van der Waals surface area contributed by atoms with Crippen LogP contribution in [0.3, 0.4) is 0 Å². The second-order valence-electron chi connectivity index (χ2n) is 29.7. The van der Waals surface area contributed by atoms with E-state index in [0.717, 1.165) is 99.9 Å². The lowest BCUT2D eigenvalue weighted by atomic mass is 9.81. The van der Waals surface area contributed by atoms with Crippen molar-refractivity contribution in [1.82, 2.24) is 0 Å². The van der Waals surface area contributed by atoms with Gasteiger partial charge in [-0.1, -0.05) is 266 Å². The van der Waals surface area contributed by atoms with Crippen molar-refractivity contribution in [1.29, 1.82) is 0 Å². The summed E-state index contributed by atoms with van der Waals surface area (Å²) in [5, 5.41) is 17.9. The Morgan fingerprint density at radius 2 is 0.552 bits per heavy atom. The highest BCUT2D eigenvalue weighted by Gasteiger charge is 2.39. The molecule has 21 rings (SSSR count). The highest BCUT2D eigenvalue weighted by Crippen LogP contribution is 2.55. The number of fused-ring (bicyclic) bond motifs is 18. The fraction of sp³-hybridized carbons (Fsp3) is 0.0909. The number of anilines is 6. The molecule has 105 heavy (non-hydrogen) atoms. The van der Waals surface area contributed by atoms with Crippen molar-refractivity contribution >= 4 is 99.9 Å². The van der Waals surface area contributed by atoms with Crippen LogP contribution in [-0.2, 0) is 16.2 Å². The zero-order chi connectivity index (χ0) is 70.7. The Hall–Kier alpha value is -12.9. The molecule has 0 fully saturated rings. The highest BCUT2D eigenvalue weighted by molar-refractivity contribution is 6.14. The zero-order valence-electron chi connectivity index (χ0n) is 59.4. The molecule has 0 aliphatic heterocycles. The zero-order valence-corrected chi connectivity index (χ0v) is 59.4. The van der Waals surface area contributed by atoms with Crippen LogP contribution in [0.5, 0.6) is 0 Å². The first-order valence-corrected chi connectivity index (χ1v) is 36.4. The van der Waals surface area contributed by atoms with Gasteiger partial charge in [-0.2, -0.15) is 0 Å². The predicted molar refractivity (Wildman–Crippen MR) is 439 cm³/mol. The molecule has 0 unspecified atom stereocenters. The van der Waals surface area contributed by atoms with E-state index in [-0.39, 0.29) is 16.2 Å². The average Bonchev–Trinajstić information content (AvgIpc) is 1.58. The van der Waals surface area contributed by atoms with Crippen LogP contribution < -0.4 is 16.0 Å². The quantitative estimate of drug-likeness (QED) is 0.134. The number of rotatable bonds is 9. The third-order valence-corrected chi connectivity index (χ3v) is 22.4. The lowest BCUT2D eigenvalue weighted by Gasteiger charge is -2.23. The van der Waals surface area contributed by atoms with E-state index in [1.165, 1.54) is 100 Å². The fourth-order valence-corrected chi connectivity index (χ4v) is 17.1. The molecule has 3 aliphatic carbocycles. The van der Waals surface area contributed by atoms with E-state index in [1.54, 1.807) is 0 Å². The van der Waals surface area contributed by atoms with Crippen molar-refractivity contribution in [3.63, 3.8) is 0 Å². The molecule has 6 nitrogen and oxygen atoms in total. The van der Waals surface area contributed by atoms with Gasteiger partial charge >= 0.3 is 0 Å². The third-order valence-electron chi connectivity index (χ3n) is 22.4. The van der Waals surface area contributed by atoms with Crippen molar-refractivity contribution in [2.75, 3.05) is 16.0 Å². The summed E-state index contributed by atoms with van der Waals surface area (Å²) in [5.74, 6) is 0. The topological polar surface area (TPSA) is 75.5 Å². The smallest absolute Gasteiger partial charge is 0.137 e. The molecule has 3 N–H and O–H groups in total. The molecule has 6 heteroatoms. The Balaban J connectivity index is 0.000000108. The molecule has 3 heterocycles. The molecule has 3 aliphatic rings. The van der Waals surface area contributed by atoms with Gasteiger partial charge in [-0.05, 0) is 203 Å². The third kappa shape index (κ3) is 10.6. The summed E-state index contributed by atoms with van der Waals surface area (Å²) < 4.78 is 18.3. The first-order chi connectivity index (χ1) is 51.3. The minimum Gasteiger partial charge on any atom is -0.456 e. The van der Waals surface area contributed by atoms with Crippen LogP contribution >= 0.6 is 0 Å². The summed E-state index contributed by atoms with van der Waals surface area (Å²) in [5.41, 5.74) is 35.4. The van der Waals surface area contributed by atoms with Crippen LogP contribution in [0, 0.1) is 0 Å². The van der Waals surface area contributed by atoms with Crippen molar-refractivity contribution in [3.8, 4) is 66.8 Å². The van der Waals surface area contributed by atoms with Gasteiger partial charge in [0.2, 0.25) is 0 Å². The Labute approximate surface area is 610 Å². The van der Waals surface area contributed by atoms with Gasteiger partial charge in [0.25, 0.3) is 0 Å². The van der Waals surface area contributed by atoms with Crippen molar-refractivity contribution < 1.29 is 13.3 Å². The molecular weight excluding hydrogens is 1280 g/mol. The van der Waals surface area contributed by atoms with Gasteiger partial charge < -0.3 is 29.2 Å². The molecular formula is C99H75N3O3. The van der Waals surface area contributed by atoms with Gasteiger partial charge in [-0.15, -0.1) is 0 Å². The van der Waals surface area contributed by atoms with Crippen molar-refractivity contribution in [3.05, 3.63) is 361 Å². The van der Waals surface area contributed by atoms with E-state index in [2.05, 4.69) is 312 Å². The number of hydrogen-bond donors (Lipinski definition) is 3. The van der Waals surface area contributed by atoms with E-state index in [0.29, 0.717) is 0 Å². The van der Waals surface area contributed by atoms with E-state index in [9.17, 15) is 0 Å². The Kier molecular flexibility index (Phi) is 14.8. The maximum absolute atomic E-state index is 6.10. The molecule has 0 atom stereocenters. The summed E-state index contributed by atoms with van der Waals surface area (Å²) in [6.07, 6.45) is 0. The summed E-state index contributed by atoms with van der Waals surface area (Å²) in [4.78, 5) is 0. The van der Waals surface area contributed by atoms with Crippen LogP contribution in [0.25, 0.3) is 133 Å². The van der Waals surface area contributed by atoms with Crippen molar-refractivity contribution in [2.45, 2.75) is 57.8 Å². The van der Waals surface area contributed by atoms with E-state index < -0.39 is 0 Å². The normalized spacial score (nSPS) is 13.7. The molecule has 0 amide bonds. The summed E-state index contributed by atoms with van der Waals surface area (Å²) >= 11 is 0. The SMILES string of the molecule is CC1(C)c2cc(Nc3cccc4oc5ccccc5c34)ccc2-c2c(-c3ccccc3)cccc21.CC1(C)c2cc(Nc3cccc4oc5ccccc5c34)ccc2-c2ccc(-c3ccccc3)cc21.CC1(C)c2ccc(-c3ccccc3)cc2-c2ccc(Nc3cccc4oc5ccccc5c34)cc21. The van der Waals surface area contributed by atoms with Crippen LogP contribution in [0.15, 0.2) is 341 Å². The number of para-hydroxylation sites is 3. The van der Waals surface area contributed by atoms with Gasteiger partial charge in [-0.3, -0.25) is 0 Å². The molecule has 0 saturated carbocycles. The van der Waals surface area contributed by atoms with E-state index in [4.69, 9.17) is 13.3 Å². The summed E-state index contributed by atoms with van der Waals surface area (Å²) in [6.45, 7) is 14.0. The van der Waals surface area contributed by atoms with Crippen molar-refractivity contribution in [2.24, 2.45) is 0 Å². The molecule has 0 radical (unpaired) electrons. The van der Waals surface area contributed by atoms with E-state index >= 15 is 0 Å². The predicted octanol–water partition coefficient (Wildman–Crippen LogP) is 27.9. The lowest BCUT2D eigenvalue weighted by molar-refractivity contribution is 0.660. The molecule has 0 bridgehead atoms. The van der Waals surface area contributed by atoms with Crippen LogP contribution in [0.1, 0.15) is 74.9 Å². The molecule has 15 aromatic carbocycles. The number of hydrogen-bond acceptors (Lipinski definition) is 6. The first kappa shape index (κ1) is 63.1. The molecule has 18 aromatic rings. The maximum atomic E-state index is 6.10. The van der Waals surface area contributed by atoms with Gasteiger partial charge in [0, 0.05) is 49.5 Å². The molecule has 504 valence electrons. The number of furan rings is 3. The van der Waals surface area contributed by atoms with Crippen LogP contribution in [0.4, 0.5) is 34.1 Å². The van der Waals surface area contributed by atoms with Crippen LogP contribution in [0.2, 0.25) is 0 Å². The Morgan fingerprint density at radius 1 is 0.210 bits per heavy atom. The molecule has 0 spiro atoms. The average molecular weight is 1350 g/mol. The highest BCUT2D eigenvalue weighted by atomic mass is 16.3. The number of benzene rings is 15. The summed E-state index contributed by atoms with van der Waals surface area (Å²) in [6, 6.07) is 116. The van der Waals surface area contributed by atoms with Gasteiger partial charge in [0.15, 0.2) is 0 Å². The second kappa shape index (κ2) is 24.7. The standard InChI is InChI=1S/3C33H25NO/c1-33(2)26-14-8-13-23(21-10-4-3-5-11-21)31(26)24-19-18-22(20-27(24)33)34-28-15-9-17-30-32(28)25-12-6-7-16-29(25)35-30;1-33(2)27-18-15-22(21-9-4-3-5-10-21)19-26(27)24-17-16-23(20-28(24)33)34-29-12-8-14-31-32(29)25-11-6-7-13-30(25)35-31;1-33(2)27-19-22(21-9-4-3-5-10-21)15-17-24(27)25-18-16-23(20-28(25)33)34-29-12-8-14-31-32(29)26-11-6-7-13-30(26)35-31/h3*3-20,34H,1-2H3. The monoisotopic (exact) mass is 1350 g/mol. The minimum atomic E-state index is -0.0819. The Bertz CT molecular complexity index is 6460. The first-order valence-electron chi connectivity index (χ1n) is 36.4. The lowest BCUT2D eigenvalue weighted by Crippen LogP contribution is -2.15. The minimum absolute atomic E-state index is 0.0636. The summed E-state index contributed by atoms with van der Waals surface area (Å²) in [7, 11) is 0. The molecule has 3 aromatic heterocycles.